The molecule has 1 saturated heterocycles. The maximum Gasteiger partial charge on any atom is 0.274 e. The predicted octanol–water partition coefficient (Wildman–Crippen LogP) is 3.48. The van der Waals surface area contributed by atoms with Crippen molar-refractivity contribution in [2.75, 3.05) is 18.4 Å². The van der Waals surface area contributed by atoms with Gasteiger partial charge in [-0.25, -0.2) is 13.8 Å². The number of nitrogens with zero attached hydrogens (tertiary/aromatic N) is 2. The van der Waals surface area contributed by atoms with E-state index in [2.05, 4.69) is 20.0 Å². The van der Waals surface area contributed by atoms with E-state index in [9.17, 15) is 13.6 Å². The van der Waals surface area contributed by atoms with E-state index in [1.807, 2.05) is 0 Å². The number of pyridine rings is 1. The van der Waals surface area contributed by atoms with Gasteiger partial charge >= 0.3 is 0 Å². The molecule has 9 heteroatoms. The number of benzene rings is 1. The van der Waals surface area contributed by atoms with Crippen LogP contribution in [0.25, 0.3) is 11.3 Å². The van der Waals surface area contributed by atoms with Crippen molar-refractivity contribution in [2.45, 2.75) is 12.5 Å². The van der Waals surface area contributed by atoms with Gasteiger partial charge in [-0.05, 0) is 37.2 Å². The van der Waals surface area contributed by atoms with Crippen molar-refractivity contribution in [3.8, 4) is 16.3 Å². The van der Waals surface area contributed by atoms with Crippen molar-refractivity contribution >= 4 is 23.1 Å². The summed E-state index contributed by atoms with van der Waals surface area (Å²) in [6.07, 6.45) is 2.41. The highest BCUT2D eigenvalue weighted by Crippen LogP contribution is 2.31. The summed E-state index contributed by atoms with van der Waals surface area (Å²) in [5.41, 5.74) is 0.235. The first-order valence-electron chi connectivity index (χ1n) is 8.66. The SMILES string of the molecule is O=C(Nc1cnsc1O[C@H]1CCNC1)c1cccc(-c2c(F)cccc2F)n1. The van der Waals surface area contributed by atoms with Gasteiger partial charge in [-0.3, -0.25) is 4.79 Å². The van der Waals surface area contributed by atoms with E-state index < -0.39 is 17.5 Å². The largest absolute Gasteiger partial charge is 0.477 e. The average molecular weight is 402 g/mol. The van der Waals surface area contributed by atoms with Crippen molar-refractivity contribution in [2.24, 2.45) is 0 Å². The monoisotopic (exact) mass is 402 g/mol. The molecule has 1 aromatic carbocycles. The van der Waals surface area contributed by atoms with Crippen LogP contribution in [0.4, 0.5) is 14.5 Å². The quantitative estimate of drug-likeness (QED) is 0.683. The topological polar surface area (TPSA) is 76.1 Å². The molecular weight excluding hydrogens is 386 g/mol. The summed E-state index contributed by atoms with van der Waals surface area (Å²) >= 11 is 1.14. The third kappa shape index (κ3) is 3.85. The molecular formula is C19H16F2N4O2S. The summed E-state index contributed by atoms with van der Waals surface area (Å²) < 4.78 is 38.0. The molecule has 1 fully saturated rings. The van der Waals surface area contributed by atoms with Gasteiger partial charge in [0.15, 0.2) is 0 Å². The van der Waals surface area contributed by atoms with Crippen LogP contribution in [0.2, 0.25) is 0 Å². The average Bonchev–Trinajstić information content (AvgIpc) is 3.35. The minimum atomic E-state index is -0.743. The number of rotatable bonds is 5. The molecule has 6 nitrogen and oxygen atoms in total. The fourth-order valence-electron chi connectivity index (χ4n) is 2.91. The van der Waals surface area contributed by atoms with Crippen molar-refractivity contribution in [1.29, 1.82) is 0 Å². The Morgan fingerprint density at radius 3 is 2.75 bits per heavy atom. The van der Waals surface area contributed by atoms with Gasteiger partial charge in [0.25, 0.3) is 5.91 Å². The smallest absolute Gasteiger partial charge is 0.274 e. The second-order valence-corrected chi connectivity index (χ2v) is 6.98. The second-order valence-electron chi connectivity index (χ2n) is 6.22. The normalized spacial score (nSPS) is 16.1. The number of hydrogen-bond donors (Lipinski definition) is 2. The molecule has 3 heterocycles. The Bertz CT molecular complexity index is 985. The zero-order valence-electron chi connectivity index (χ0n) is 14.6. The summed E-state index contributed by atoms with van der Waals surface area (Å²) in [6, 6.07) is 8.01. The van der Waals surface area contributed by atoms with Crippen molar-refractivity contribution in [1.82, 2.24) is 14.7 Å². The first kappa shape index (κ1) is 18.5. The van der Waals surface area contributed by atoms with E-state index >= 15 is 0 Å². The van der Waals surface area contributed by atoms with E-state index in [1.165, 1.54) is 30.5 Å². The standard InChI is InChI=1S/C19H16F2N4O2S/c20-12-3-1-4-13(21)17(12)14-5-2-6-15(24-14)18(26)25-16-10-23-28-19(16)27-11-7-8-22-9-11/h1-6,10-11,22H,7-9H2,(H,25,26)/t11-/m0/s1. The van der Waals surface area contributed by atoms with Crippen LogP contribution in [0.15, 0.2) is 42.6 Å². The van der Waals surface area contributed by atoms with Gasteiger partial charge in [0.05, 0.1) is 17.5 Å². The maximum absolute atomic E-state index is 14.0. The van der Waals surface area contributed by atoms with Crippen molar-refractivity contribution in [3.05, 3.63) is 59.9 Å². The van der Waals surface area contributed by atoms with E-state index in [0.29, 0.717) is 10.8 Å². The number of ether oxygens (including phenoxy) is 1. The molecule has 0 saturated carbocycles. The molecule has 0 aliphatic carbocycles. The number of carbonyl (C=O) groups is 1. The van der Waals surface area contributed by atoms with Crippen LogP contribution in [-0.4, -0.2) is 34.5 Å². The number of amides is 1. The fraction of sp³-hybridized carbons (Fsp3) is 0.211. The molecule has 28 heavy (non-hydrogen) atoms. The summed E-state index contributed by atoms with van der Waals surface area (Å²) in [5, 5.41) is 6.42. The van der Waals surface area contributed by atoms with Gasteiger partial charge in [0.1, 0.15) is 29.1 Å². The number of aromatic nitrogens is 2. The summed E-state index contributed by atoms with van der Waals surface area (Å²) in [7, 11) is 0. The number of carbonyl (C=O) groups excluding carboxylic acids is 1. The van der Waals surface area contributed by atoms with E-state index in [4.69, 9.17) is 4.74 Å². The molecule has 0 spiro atoms. The second kappa shape index (κ2) is 7.99. The maximum atomic E-state index is 14.0. The molecule has 0 unspecified atom stereocenters. The van der Waals surface area contributed by atoms with E-state index in [0.717, 1.165) is 43.2 Å². The summed E-state index contributed by atoms with van der Waals surface area (Å²) in [4.78, 5) is 16.7. The molecule has 2 N–H and O–H groups in total. The molecule has 0 bridgehead atoms. The van der Waals surface area contributed by atoms with E-state index in [1.54, 1.807) is 0 Å². The van der Waals surface area contributed by atoms with Gasteiger partial charge in [-0.15, -0.1) is 0 Å². The van der Waals surface area contributed by atoms with E-state index in [-0.39, 0.29) is 23.1 Å². The van der Waals surface area contributed by atoms with Gasteiger partial charge in [-0.2, -0.15) is 4.37 Å². The van der Waals surface area contributed by atoms with Gasteiger partial charge < -0.3 is 15.4 Å². The molecule has 0 radical (unpaired) electrons. The lowest BCUT2D eigenvalue weighted by atomic mass is 10.1. The Balaban J connectivity index is 1.54. The summed E-state index contributed by atoms with van der Waals surface area (Å²) in [6.45, 7) is 1.62. The minimum Gasteiger partial charge on any atom is -0.477 e. The molecule has 144 valence electrons. The Kier molecular flexibility index (Phi) is 5.27. The lowest BCUT2D eigenvalue weighted by molar-refractivity contribution is 0.102. The first-order chi connectivity index (χ1) is 13.6. The summed E-state index contributed by atoms with van der Waals surface area (Å²) in [5.74, 6) is -2.01. The minimum absolute atomic E-state index is 0.0276. The Hall–Kier alpha value is -2.91. The van der Waals surface area contributed by atoms with Crippen LogP contribution >= 0.6 is 11.5 Å². The lowest BCUT2D eigenvalue weighted by Gasteiger charge is -2.12. The van der Waals surface area contributed by atoms with Gasteiger partial charge in [0, 0.05) is 18.1 Å². The van der Waals surface area contributed by atoms with Crippen LogP contribution in [-0.2, 0) is 0 Å². The number of anilines is 1. The van der Waals surface area contributed by atoms with Crippen molar-refractivity contribution < 1.29 is 18.3 Å². The molecule has 1 aliphatic rings. The highest BCUT2D eigenvalue weighted by molar-refractivity contribution is 7.08. The van der Waals surface area contributed by atoms with Gasteiger partial charge in [-0.1, -0.05) is 12.1 Å². The van der Waals surface area contributed by atoms with Crippen molar-refractivity contribution in [3.63, 3.8) is 0 Å². The molecule has 2 aromatic heterocycles. The number of halogens is 2. The first-order valence-corrected chi connectivity index (χ1v) is 9.44. The van der Waals surface area contributed by atoms with Crippen LogP contribution in [0, 0.1) is 11.6 Å². The zero-order chi connectivity index (χ0) is 19.5. The van der Waals surface area contributed by atoms with Crippen LogP contribution in [0.3, 0.4) is 0 Å². The molecule has 1 amide bonds. The number of hydrogen-bond acceptors (Lipinski definition) is 6. The van der Waals surface area contributed by atoms with Crippen LogP contribution in [0.1, 0.15) is 16.9 Å². The Morgan fingerprint density at radius 1 is 1.21 bits per heavy atom. The van der Waals surface area contributed by atoms with Gasteiger partial charge in [0.2, 0.25) is 5.06 Å². The predicted molar refractivity (Wildman–Crippen MR) is 102 cm³/mol. The number of nitrogens with one attached hydrogen (secondary N) is 2. The highest BCUT2D eigenvalue weighted by Gasteiger charge is 2.21. The molecule has 1 atom stereocenters. The zero-order valence-corrected chi connectivity index (χ0v) is 15.4. The Labute approximate surface area is 163 Å². The highest BCUT2D eigenvalue weighted by atomic mass is 32.1. The Morgan fingerprint density at radius 2 is 2.00 bits per heavy atom. The molecule has 4 rings (SSSR count). The van der Waals surface area contributed by atoms with Crippen LogP contribution < -0.4 is 15.4 Å². The third-order valence-electron chi connectivity index (χ3n) is 4.27. The fourth-order valence-corrected chi connectivity index (χ4v) is 3.54. The molecule has 3 aromatic rings. The molecule has 1 aliphatic heterocycles. The third-order valence-corrected chi connectivity index (χ3v) is 4.97. The lowest BCUT2D eigenvalue weighted by Crippen LogP contribution is -2.20. The van der Waals surface area contributed by atoms with Crippen LogP contribution in [0.5, 0.6) is 5.06 Å².